The molecule has 0 radical (unpaired) electrons. The summed E-state index contributed by atoms with van der Waals surface area (Å²) in [5, 5.41) is 11.7. The Balaban J connectivity index is 3.11. The maximum atomic E-state index is 12.1. The molecule has 5 nitrogen and oxygen atoms in total. The summed E-state index contributed by atoms with van der Waals surface area (Å²) in [6.45, 7) is 3.19. The Morgan fingerprint density at radius 1 is 1.32 bits per heavy atom. The van der Waals surface area contributed by atoms with E-state index in [0.29, 0.717) is 6.42 Å². The Hall–Kier alpha value is -1.40. The fourth-order valence-corrected chi connectivity index (χ4v) is 2.71. The molecule has 0 bridgehead atoms. The van der Waals surface area contributed by atoms with Crippen molar-refractivity contribution < 1.29 is 18.3 Å². The summed E-state index contributed by atoms with van der Waals surface area (Å²) < 4.78 is 23.8. The largest absolute Gasteiger partial charge is 0.394 e. The van der Waals surface area contributed by atoms with Crippen molar-refractivity contribution in [2.75, 3.05) is 12.4 Å². The molecule has 0 saturated heterocycles. The van der Waals surface area contributed by atoms with Crippen molar-refractivity contribution >= 4 is 15.7 Å². The number of nitrogens with one attached hydrogen (secondary N) is 1. The average molecular weight is 285 g/mol. The van der Waals surface area contributed by atoms with Gasteiger partial charge in [-0.1, -0.05) is 26.0 Å². The van der Waals surface area contributed by atoms with Gasteiger partial charge in [-0.25, -0.2) is 8.42 Å². The summed E-state index contributed by atoms with van der Waals surface area (Å²) in [5.41, 5.74) is 0.122. The summed E-state index contributed by atoms with van der Waals surface area (Å²) in [4.78, 5) is 12.1. The highest BCUT2D eigenvalue weighted by Gasteiger charge is 2.21. The maximum absolute atomic E-state index is 12.1. The molecule has 0 aromatic heterocycles. The summed E-state index contributed by atoms with van der Waals surface area (Å²) in [5.74, 6) is -0.539. The highest BCUT2D eigenvalue weighted by molar-refractivity contribution is 7.91. The van der Waals surface area contributed by atoms with Crippen LogP contribution in [0.1, 0.15) is 30.6 Å². The molecule has 6 heteroatoms. The van der Waals surface area contributed by atoms with E-state index in [1.54, 1.807) is 12.1 Å². The molecule has 19 heavy (non-hydrogen) atoms. The molecule has 2 N–H and O–H groups in total. The zero-order valence-electron chi connectivity index (χ0n) is 11.1. The van der Waals surface area contributed by atoms with Crippen molar-refractivity contribution in [1.82, 2.24) is 5.32 Å². The lowest BCUT2D eigenvalue weighted by Crippen LogP contribution is -2.37. The van der Waals surface area contributed by atoms with Crippen LogP contribution in [0.25, 0.3) is 0 Å². The smallest absolute Gasteiger partial charge is 0.252 e. The fraction of sp³-hybridized carbons (Fsp3) is 0.462. The Labute approximate surface area is 113 Å². The van der Waals surface area contributed by atoms with Crippen molar-refractivity contribution in [2.24, 2.45) is 0 Å². The summed E-state index contributed by atoms with van der Waals surface area (Å²) in [6.07, 6.45) is 0.574. The van der Waals surface area contributed by atoms with Crippen LogP contribution in [0.15, 0.2) is 29.2 Å². The lowest BCUT2D eigenvalue weighted by molar-refractivity contribution is 0.0911. The Kier molecular flexibility index (Phi) is 5.50. The normalized spacial score (nSPS) is 13.0. The number of carbonyl (C=O) groups excluding carboxylic acids is 1. The second-order valence-corrected chi connectivity index (χ2v) is 6.41. The van der Waals surface area contributed by atoms with Gasteiger partial charge in [-0.2, -0.15) is 0 Å². The van der Waals surface area contributed by atoms with Gasteiger partial charge in [0.15, 0.2) is 9.84 Å². The molecule has 1 rings (SSSR count). The minimum Gasteiger partial charge on any atom is -0.394 e. The molecular weight excluding hydrogens is 266 g/mol. The number of sulfone groups is 1. The van der Waals surface area contributed by atoms with Crippen LogP contribution in [-0.2, 0) is 9.84 Å². The summed E-state index contributed by atoms with van der Waals surface area (Å²) >= 11 is 0. The first kappa shape index (κ1) is 15.7. The molecule has 0 unspecified atom stereocenters. The van der Waals surface area contributed by atoms with Crippen LogP contribution in [0.4, 0.5) is 0 Å². The van der Waals surface area contributed by atoms with E-state index in [2.05, 4.69) is 5.32 Å². The molecule has 1 atom stereocenters. The van der Waals surface area contributed by atoms with Gasteiger partial charge in [0.25, 0.3) is 5.91 Å². The van der Waals surface area contributed by atoms with E-state index in [0.717, 1.165) is 0 Å². The van der Waals surface area contributed by atoms with Crippen molar-refractivity contribution in [1.29, 1.82) is 0 Å². The number of benzene rings is 1. The lowest BCUT2D eigenvalue weighted by atomic mass is 10.2. The van der Waals surface area contributed by atoms with Gasteiger partial charge in [-0.05, 0) is 18.6 Å². The summed E-state index contributed by atoms with van der Waals surface area (Å²) in [6, 6.07) is 5.73. The van der Waals surface area contributed by atoms with E-state index in [1.165, 1.54) is 19.1 Å². The molecule has 0 aliphatic carbocycles. The number of carbonyl (C=O) groups is 1. The molecule has 0 fully saturated rings. The van der Waals surface area contributed by atoms with Gasteiger partial charge in [0.2, 0.25) is 0 Å². The molecular formula is C13H19NO4S. The molecule has 0 aliphatic heterocycles. The number of aliphatic hydroxyl groups is 1. The van der Waals surface area contributed by atoms with Crippen LogP contribution in [0.5, 0.6) is 0 Å². The monoisotopic (exact) mass is 285 g/mol. The van der Waals surface area contributed by atoms with Crippen molar-refractivity contribution in [2.45, 2.75) is 31.2 Å². The lowest BCUT2D eigenvalue weighted by Gasteiger charge is -2.15. The standard InChI is InChI=1S/C13H19NO4S/c1-3-10(9-15)14-13(16)11-7-5-6-8-12(11)19(17,18)4-2/h5-8,10,15H,3-4,9H2,1-2H3,(H,14,16)/t10-/m0/s1. The van der Waals surface area contributed by atoms with Gasteiger partial charge < -0.3 is 10.4 Å². The topological polar surface area (TPSA) is 83.5 Å². The first-order chi connectivity index (χ1) is 8.96. The van der Waals surface area contributed by atoms with Crippen LogP contribution in [0, 0.1) is 0 Å². The van der Waals surface area contributed by atoms with Gasteiger partial charge in [-0.3, -0.25) is 4.79 Å². The Bertz CT molecular complexity index is 535. The number of aliphatic hydroxyl groups excluding tert-OH is 1. The van der Waals surface area contributed by atoms with Crippen LogP contribution >= 0.6 is 0 Å². The van der Waals surface area contributed by atoms with Gasteiger partial charge in [0.1, 0.15) is 0 Å². The van der Waals surface area contributed by atoms with E-state index in [1.807, 2.05) is 6.92 Å². The predicted molar refractivity (Wildman–Crippen MR) is 72.8 cm³/mol. The zero-order valence-corrected chi connectivity index (χ0v) is 11.9. The third-order valence-corrected chi connectivity index (χ3v) is 4.68. The average Bonchev–Trinajstić information content (AvgIpc) is 2.44. The molecule has 0 aliphatic rings. The Morgan fingerprint density at radius 3 is 2.47 bits per heavy atom. The van der Waals surface area contributed by atoms with Crippen molar-refractivity contribution in [3.63, 3.8) is 0 Å². The SMILES string of the molecule is CC[C@@H](CO)NC(=O)c1ccccc1S(=O)(=O)CC. The second kappa shape index (κ2) is 6.68. The van der Waals surface area contributed by atoms with E-state index in [9.17, 15) is 13.2 Å². The first-order valence-electron chi connectivity index (χ1n) is 6.19. The molecule has 1 amide bonds. The fourth-order valence-electron chi connectivity index (χ4n) is 1.62. The number of hydrogen-bond donors (Lipinski definition) is 2. The van der Waals surface area contributed by atoms with Gasteiger partial charge >= 0.3 is 0 Å². The van der Waals surface area contributed by atoms with E-state index >= 15 is 0 Å². The third-order valence-electron chi connectivity index (χ3n) is 2.90. The van der Waals surface area contributed by atoms with Gasteiger partial charge in [-0.15, -0.1) is 0 Å². The molecule has 106 valence electrons. The van der Waals surface area contributed by atoms with Crippen molar-refractivity contribution in [3.8, 4) is 0 Å². The highest BCUT2D eigenvalue weighted by atomic mass is 32.2. The first-order valence-corrected chi connectivity index (χ1v) is 7.85. The highest BCUT2D eigenvalue weighted by Crippen LogP contribution is 2.17. The molecule has 0 heterocycles. The predicted octanol–water partition coefficient (Wildman–Crippen LogP) is 0.981. The van der Waals surface area contributed by atoms with Gasteiger partial charge in [0.05, 0.1) is 28.9 Å². The van der Waals surface area contributed by atoms with E-state index in [-0.39, 0.29) is 28.9 Å². The van der Waals surface area contributed by atoms with Crippen LogP contribution in [0.3, 0.4) is 0 Å². The quantitative estimate of drug-likeness (QED) is 0.816. The summed E-state index contributed by atoms with van der Waals surface area (Å²) in [7, 11) is -3.45. The second-order valence-electron chi connectivity index (χ2n) is 4.16. The zero-order chi connectivity index (χ0) is 14.5. The Morgan fingerprint density at radius 2 is 1.95 bits per heavy atom. The van der Waals surface area contributed by atoms with Crippen LogP contribution in [0.2, 0.25) is 0 Å². The third kappa shape index (κ3) is 3.78. The minimum atomic E-state index is -3.45. The number of rotatable bonds is 6. The minimum absolute atomic E-state index is 0.0304. The number of hydrogen-bond acceptors (Lipinski definition) is 4. The number of amides is 1. The molecule has 0 saturated carbocycles. The van der Waals surface area contributed by atoms with E-state index in [4.69, 9.17) is 5.11 Å². The van der Waals surface area contributed by atoms with Crippen LogP contribution < -0.4 is 5.32 Å². The molecule has 0 spiro atoms. The molecule has 1 aromatic carbocycles. The van der Waals surface area contributed by atoms with Gasteiger partial charge in [0, 0.05) is 0 Å². The van der Waals surface area contributed by atoms with E-state index < -0.39 is 15.7 Å². The molecule has 1 aromatic rings. The van der Waals surface area contributed by atoms with Crippen molar-refractivity contribution in [3.05, 3.63) is 29.8 Å². The maximum Gasteiger partial charge on any atom is 0.252 e. The van der Waals surface area contributed by atoms with Crippen LogP contribution in [-0.4, -0.2) is 37.8 Å².